The highest BCUT2D eigenvalue weighted by Crippen LogP contribution is 2.13. The van der Waals surface area contributed by atoms with E-state index >= 15 is 0 Å². The largest absolute Gasteiger partial charge is 0.392 e. The number of benzene rings is 1. The van der Waals surface area contributed by atoms with Gasteiger partial charge in [0.15, 0.2) is 0 Å². The molecule has 0 saturated heterocycles. The minimum Gasteiger partial charge on any atom is -0.392 e. The van der Waals surface area contributed by atoms with Crippen molar-refractivity contribution < 1.29 is 9.90 Å². The van der Waals surface area contributed by atoms with Crippen LogP contribution in [0.15, 0.2) is 41.1 Å². The Morgan fingerprint density at radius 1 is 1.47 bits per heavy atom. The fraction of sp³-hybridized carbons (Fsp3) is 0.231. The first-order chi connectivity index (χ1) is 9.06. The molecular formula is C13H14BrN3O2. The van der Waals surface area contributed by atoms with Gasteiger partial charge in [-0.15, -0.1) is 0 Å². The number of carbonyl (C=O) groups excluding carboxylic acids is 1. The lowest BCUT2D eigenvalue weighted by Gasteiger charge is -2.05. The van der Waals surface area contributed by atoms with E-state index in [9.17, 15) is 4.79 Å². The third-order valence-electron chi connectivity index (χ3n) is 2.49. The molecule has 19 heavy (non-hydrogen) atoms. The van der Waals surface area contributed by atoms with E-state index in [1.54, 1.807) is 17.8 Å². The molecule has 0 bridgehead atoms. The Bertz CT molecular complexity index is 564. The summed E-state index contributed by atoms with van der Waals surface area (Å²) in [5, 5.41) is 15.9. The van der Waals surface area contributed by atoms with Crippen molar-refractivity contribution in [1.29, 1.82) is 0 Å². The molecule has 0 aliphatic rings. The summed E-state index contributed by atoms with van der Waals surface area (Å²) in [6.07, 6.45) is 2.59. The first-order valence-corrected chi connectivity index (χ1v) is 6.62. The molecule has 2 rings (SSSR count). The number of rotatable bonds is 4. The highest BCUT2D eigenvalue weighted by Gasteiger charge is 2.09. The minimum atomic E-state index is -0.564. The van der Waals surface area contributed by atoms with Gasteiger partial charge in [0, 0.05) is 17.2 Å². The summed E-state index contributed by atoms with van der Waals surface area (Å²) in [4.78, 5) is 11.8. The minimum absolute atomic E-state index is 0.225. The third-order valence-corrected chi connectivity index (χ3v) is 3.02. The second-order valence-electron chi connectivity index (χ2n) is 4.21. The van der Waals surface area contributed by atoms with Crippen LogP contribution in [0.4, 0.5) is 0 Å². The van der Waals surface area contributed by atoms with Crippen LogP contribution < -0.4 is 5.32 Å². The Hall–Kier alpha value is -1.66. The van der Waals surface area contributed by atoms with Crippen molar-refractivity contribution in [3.63, 3.8) is 0 Å². The molecule has 1 heterocycles. The van der Waals surface area contributed by atoms with E-state index in [0.717, 1.165) is 10.2 Å². The van der Waals surface area contributed by atoms with Crippen molar-refractivity contribution >= 4 is 21.8 Å². The van der Waals surface area contributed by atoms with Crippen molar-refractivity contribution in [3.05, 3.63) is 46.7 Å². The van der Waals surface area contributed by atoms with Gasteiger partial charge in [0.2, 0.25) is 0 Å². The normalized spacial score (nSPS) is 12.2. The summed E-state index contributed by atoms with van der Waals surface area (Å²) >= 11 is 3.36. The van der Waals surface area contributed by atoms with Gasteiger partial charge >= 0.3 is 0 Å². The van der Waals surface area contributed by atoms with Gasteiger partial charge in [-0.05, 0) is 31.2 Å². The number of aliphatic hydroxyl groups excluding tert-OH is 1. The number of nitrogens with zero attached hydrogens (tertiary/aromatic N) is 2. The Kier molecular flexibility index (Phi) is 4.34. The molecule has 5 nitrogen and oxygen atoms in total. The Balaban J connectivity index is 2.10. The Labute approximate surface area is 119 Å². The molecule has 1 atom stereocenters. The molecule has 1 aromatic carbocycles. The summed E-state index contributed by atoms with van der Waals surface area (Å²) in [6.45, 7) is 1.84. The second-order valence-corrected chi connectivity index (χ2v) is 5.12. The monoisotopic (exact) mass is 323 g/mol. The molecule has 0 radical (unpaired) electrons. The maximum absolute atomic E-state index is 11.8. The van der Waals surface area contributed by atoms with Crippen LogP contribution in [-0.2, 0) is 0 Å². The van der Waals surface area contributed by atoms with Crippen LogP contribution in [-0.4, -0.2) is 33.4 Å². The van der Waals surface area contributed by atoms with Crippen LogP contribution in [0.2, 0.25) is 0 Å². The van der Waals surface area contributed by atoms with Crippen LogP contribution >= 0.6 is 15.9 Å². The number of hydrogen-bond donors (Lipinski definition) is 2. The molecule has 0 fully saturated rings. The van der Waals surface area contributed by atoms with E-state index in [2.05, 4.69) is 26.3 Å². The molecule has 1 unspecified atom stereocenters. The average molecular weight is 324 g/mol. The van der Waals surface area contributed by atoms with Crippen molar-refractivity contribution in [2.75, 3.05) is 6.54 Å². The zero-order valence-corrected chi connectivity index (χ0v) is 12.0. The highest BCUT2D eigenvalue weighted by molar-refractivity contribution is 9.10. The lowest BCUT2D eigenvalue weighted by atomic mass is 10.3. The zero-order chi connectivity index (χ0) is 13.8. The van der Waals surface area contributed by atoms with Gasteiger partial charge in [-0.1, -0.05) is 15.9 Å². The molecule has 1 aromatic heterocycles. The molecule has 1 amide bonds. The molecular weight excluding hydrogens is 310 g/mol. The van der Waals surface area contributed by atoms with E-state index in [4.69, 9.17) is 5.11 Å². The topological polar surface area (TPSA) is 67.2 Å². The highest BCUT2D eigenvalue weighted by atomic mass is 79.9. The van der Waals surface area contributed by atoms with Gasteiger partial charge in [-0.2, -0.15) is 5.10 Å². The summed E-state index contributed by atoms with van der Waals surface area (Å²) in [5.41, 5.74) is 1.33. The number of aliphatic hydroxyl groups is 1. The second kappa shape index (κ2) is 5.99. The number of aromatic nitrogens is 2. The predicted octanol–water partition coefficient (Wildman–Crippen LogP) is 1.75. The van der Waals surface area contributed by atoms with E-state index in [1.807, 2.05) is 24.3 Å². The standard InChI is InChI=1S/C13H14BrN3O2/c1-9(18)6-15-13(19)10-7-16-17(8-10)12-4-2-11(14)3-5-12/h2-5,7-9,18H,6H2,1H3,(H,15,19). The summed E-state index contributed by atoms with van der Waals surface area (Å²) < 4.78 is 2.61. The maximum Gasteiger partial charge on any atom is 0.254 e. The smallest absolute Gasteiger partial charge is 0.254 e. The van der Waals surface area contributed by atoms with Gasteiger partial charge < -0.3 is 10.4 Å². The SMILES string of the molecule is CC(O)CNC(=O)c1cnn(-c2ccc(Br)cc2)c1. The van der Waals surface area contributed by atoms with E-state index in [0.29, 0.717) is 5.56 Å². The summed E-state index contributed by atoms with van der Waals surface area (Å²) in [5.74, 6) is -0.246. The summed E-state index contributed by atoms with van der Waals surface area (Å²) in [6, 6.07) is 7.61. The Morgan fingerprint density at radius 3 is 2.79 bits per heavy atom. The average Bonchev–Trinajstić information content (AvgIpc) is 2.86. The zero-order valence-electron chi connectivity index (χ0n) is 10.4. The molecule has 6 heteroatoms. The molecule has 0 aliphatic heterocycles. The van der Waals surface area contributed by atoms with Crippen LogP contribution in [0.1, 0.15) is 17.3 Å². The van der Waals surface area contributed by atoms with Crippen molar-refractivity contribution in [1.82, 2.24) is 15.1 Å². The van der Waals surface area contributed by atoms with E-state index < -0.39 is 6.10 Å². The number of carbonyl (C=O) groups is 1. The van der Waals surface area contributed by atoms with Gasteiger partial charge in [0.05, 0.1) is 23.6 Å². The lowest BCUT2D eigenvalue weighted by molar-refractivity contribution is 0.0924. The number of halogens is 1. The fourth-order valence-electron chi connectivity index (χ4n) is 1.52. The molecule has 0 aliphatic carbocycles. The van der Waals surface area contributed by atoms with Crippen LogP contribution in [0.3, 0.4) is 0 Å². The molecule has 2 N–H and O–H groups in total. The molecule has 0 saturated carbocycles. The summed E-state index contributed by atoms with van der Waals surface area (Å²) in [7, 11) is 0. The van der Waals surface area contributed by atoms with E-state index in [1.165, 1.54) is 6.20 Å². The lowest BCUT2D eigenvalue weighted by Crippen LogP contribution is -2.30. The first-order valence-electron chi connectivity index (χ1n) is 5.83. The van der Waals surface area contributed by atoms with Gasteiger partial charge in [-0.3, -0.25) is 4.79 Å². The van der Waals surface area contributed by atoms with E-state index in [-0.39, 0.29) is 12.5 Å². The van der Waals surface area contributed by atoms with Crippen LogP contribution in [0.25, 0.3) is 5.69 Å². The maximum atomic E-state index is 11.8. The first kappa shape index (κ1) is 13.8. The quantitative estimate of drug-likeness (QED) is 0.900. The van der Waals surface area contributed by atoms with Crippen molar-refractivity contribution in [2.24, 2.45) is 0 Å². The molecule has 100 valence electrons. The molecule has 2 aromatic rings. The van der Waals surface area contributed by atoms with Gasteiger partial charge in [0.1, 0.15) is 0 Å². The van der Waals surface area contributed by atoms with Gasteiger partial charge in [-0.25, -0.2) is 4.68 Å². The van der Waals surface area contributed by atoms with Crippen molar-refractivity contribution in [3.8, 4) is 5.69 Å². The number of nitrogens with one attached hydrogen (secondary N) is 1. The number of amides is 1. The van der Waals surface area contributed by atoms with Gasteiger partial charge in [0.25, 0.3) is 5.91 Å². The third kappa shape index (κ3) is 3.65. The Morgan fingerprint density at radius 2 is 2.16 bits per heavy atom. The predicted molar refractivity (Wildman–Crippen MR) is 75.3 cm³/mol. The fourth-order valence-corrected chi connectivity index (χ4v) is 1.78. The van der Waals surface area contributed by atoms with Crippen molar-refractivity contribution in [2.45, 2.75) is 13.0 Å². The molecule has 0 spiro atoms. The number of hydrogen-bond acceptors (Lipinski definition) is 3. The van der Waals surface area contributed by atoms with Crippen LogP contribution in [0.5, 0.6) is 0 Å². The van der Waals surface area contributed by atoms with Crippen LogP contribution in [0, 0.1) is 0 Å².